The summed E-state index contributed by atoms with van der Waals surface area (Å²) in [7, 11) is 0. The molecule has 0 aromatic heterocycles. The molecule has 1 amide bonds. The molecule has 0 atom stereocenters. The predicted octanol–water partition coefficient (Wildman–Crippen LogP) is 2.97. The van der Waals surface area contributed by atoms with Gasteiger partial charge in [0.15, 0.2) is 0 Å². The molecule has 2 aromatic rings. The Morgan fingerprint density at radius 3 is 2.43 bits per heavy atom. The summed E-state index contributed by atoms with van der Waals surface area (Å²) in [5.74, 6) is -0.371. The molecule has 4 nitrogen and oxygen atoms in total. The maximum atomic E-state index is 12.5. The smallest absolute Gasteiger partial charge is 0.258 e. The molecule has 4 rings (SSSR count). The zero-order chi connectivity index (χ0) is 14.6. The Hall–Kier alpha value is -2.88. The highest BCUT2D eigenvalue weighted by atomic mass is 16.2. The van der Waals surface area contributed by atoms with Crippen molar-refractivity contribution in [3.8, 4) is 0 Å². The Morgan fingerprint density at radius 1 is 0.857 bits per heavy atom. The Balaban J connectivity index is 1.94. The molecular formula is C17H12N2O2. The molecule has 0 saturated heterocycles. The van der Waals surface area contributed by atoms with E-state index in [-0.39, 0.29) is 11.7 Å². The Morgan fingerprint density at radius 2 is 1.62 bits per heavy atom. The van der Waals surface area contributed by atoms with E-state index >= 15 is 0 Å². The summed E-state index contributed by atoms with van der Waals surface area (Å²) in [5, 5.41) is 5.90. The first-order chi connectivity index (χ1) is 10.1. The van der Waals surface area contributed by atoms with Crippen molar-refractivity contribution in [1.82, 2.24) is 0 Å². The number of ketones is 1. The minimum Gasteiger partial charge on any atom is -0.351 e. The monoisotopic (exact) mass is 276 g/mol. The number of Topliss-reactive ketones (excluding diaryl/α,β-unsaturated/α-hetero) is 1. The second-order valence-corrected chi connectivity index (χ2v) is 5.25. The second kappa shape index (κ2) is 4.06. The van der Waals surface area contributed by atoms with Crippen molar-refractivity contribution in [1.29, 1.82) is 0 Å². The van der Waals surface area contributed by atoms with Gasteiger partial charge < -0.3 is 10.6 Å². The first-order valence-electron chi connectivity index (χ1n) is 6.72. The van der Waals surface area contributed by atoms with Gasteiger partial charge in [0.25, 0.3) is 5.91 Å². The number of hydrogen-bond donors (Lipinski definition) is 2. The van der Waals surface area contributed by atoms with E-state index in [1.165, 1.54) is 0 Å². The quantitative estimate of drug-likeness (QED) is 0.727. The van der Waals surface area contributed by atoms with Crippen molar-refractivity contribution in [3.05, 3.63) is 64.9 Å². The van der Waals surface area contributed by atoms with Crippen LogP contribution in [0.3, 0.4) is 0 Å². The average Bonchev–Trinajstić information content (AvgIpc) is 2.96. The first kappa shape index (κ1) is 11.9. The predicted molar refractivity (Wildman–Crippen MR) is 81.1 cm³/mol. The van der Waals surface area contributed by atoms with Crippen molar-refractivity contribution in [2.75, 3.05) is 10.6 Å². The number of carbonyl (C=O) groups excluding carboxylic acids is 2. The Labute approximate surface area is 121 Å². The van der Waals surface area contributed by atoms with Gasteiger partial charge in [0.05, 0.1) is 5.57 Å². The number of rotatable bonds is 0. The summed E-state index contributed by atoms with van der Waals surface area (Å²) < 4.78 is 0. The molecule has 2 heterocycles. The van der Waals surface area contributed by atoms with Crippen molar-refractivity contribution in [2.24, 2.45) is 0 Å². The van der Waals surface area contributed by atoms with Crippen molar-refractivity contribution < 1.29 is 9.59 Å². The normalized spacial score (nSPS) is 19.1. The van der Waals surface area contributed by atoms with Crippen LogP contribution in [0.5, 0.6) is 0 Å². The van der Waals surface area contributed by atoms with Crippen molar-refractivity contribution >= 4 is 28.6 Å². The van der Waals surface area contributed by atoms with Gasteiger partial charge >= 0.3 is 0 Å². The first-order valence-corrected chi connectivity index (χ1v) is 6.72. The van der Waals surface area contributed by atoms with Gasteiger partial charge in [0.1, 0.15) is 5.70 Å². The number of amides is 1. The van der Waals surface area contributed by atoms with Crippen LogP contribution in [0.4, 0.5) is 11.4 Å². The van der Waals surface area contributed by atoms with Crippen LogP contribution in [0.2, 0.25) is 0 Å². The molecule has 2 aliphatic rings. The number of carbonyl (C=O) groups is 2. The lowest BCUT2D eigenvalue weighted by Gasteiger charge is -2.04. The number of benzene rings is 2. The minimum absolute atomic E-state index is 0.134. The fourth-order valence-electron chi connectivity index (χ4n) is 2.82. The van der Waals surface area contributed by atoms with E-state index in [9.17, 15) is 9.59 Å². The van der Waals surface area contributed by atoms with Crippen LogP contribution >= 0.6 is 0 Å². The highest BCUT2D eigenvalue weighted by Gasteiger charge is 2.34. The van der Waals surface area contributed by atoms with E-state index < -0.39 is 0 Å². The summed E-state index contributed by atoms with van der Waals surface area (Å²) in [4.78, 5) is 24.8. The Kier molecular flexibility index (Phi) is 2.30. The summed E-state index contributed by atoms with van der Waals surface area (Å²) in [5.41, 5.74) is 4.72. The molecule has 0 saturated carbocycles. The van der Waals surface area contributed by atoms with Crippen LogP contribution in [0.15, 0.2) is 48.2 Å². The third-order valence-electron chi connectivity index (χ3n) is 3.83. The lowest BCUT2D eigenvalue weighted by atomic mass is 10.0. The molecule has 21 heavy (non-hydrogen) atoms. The average molecular weight is 276 g/mol. The lowest BCUT2D eigenvalue weighted by Crippen LogP contribution is -2.11. The highest BCUT2D eigenvalue weighted by molar-refractivity contribution is 6.38. The molecule has 2 aliphatic heterocycles. The standard InChI is InChI=1S/C17H12N2O2/c1-9-6-7-13-11(8-9)14(17(21)19-13)15-16(20)10-4-2-3-5-12(10)18-15/h2-8,18H,1H3,(H,19,21)/b15-14-. The maximum absolute atomic E-state index is 12.5. The third-order valence-corrected chi connectivity index (χ3v) is 3.83. The summed E-state index contributed by atoms with van der Waals surface area (Å²) in [6.07, 6.45) is 0. The molecule has 0 fully saturated rings. The molecule has 0 spiro atoms. The molecule has 0 aliphatic carbocycles. The van der Waals surface area contributed by atoms with Gasteiger partial charge in [-0.3, -0.25) is 9.59 Å². The number of hydrogen-bond acceptors (Lipinski definition) is 3. The van der Waals surface area contributed by atoms with E-state index in [0.717, 1.165) is 22.5 Å². The van der Waals surface area contributed by atoms with Crippen LogP contribution in [-0.2, 0) is 4.79 Å². The molecule has 2 aromatic carbocycles. The SMILES string of the molecule is Cc1ccc2c(c1)/C(=C1/Nc3ccccc3C1=O)C(=O)N2. The van der Waals surface area contributed by atoms with Gasteiger partial charge in [0.2, 0.25) is 5.78 Å². The third kappa shape index (κ3) is 1.62. The molecule has 4 heteroatoms. The van der Waals surface area contributed by atoms with Gasteiger partial charge in [0, 0.05) is 22.5 Å². The molecule has 0 bridgehead atoms. The van der Waals surface area contributed by atoms with Gasteiger partial charge in [-0.1, -0.05) is 23.8 Å². The van der Waals surface area contributed by atoms with Crippen molar-refractivity contribution in [3.63, 3.8) is 0 Å². The molecule has 102 valence electrons. The molecule has 2 N–H and O–H groups in total. The highest BCUT2D eigenvalue weighted by Crippen LogP contribution is 2.38. The van der Waals surface area contributed by atoms with E-state index in [1.54, 1.807) is 6.07 Å². The van der Waals surface area contributed by atoms with E-state index in [4.69, 9.17) is 0 Å². The van der Waals surface area contributed by atoms with Crippen LogP contribution in [0.1, 0.15) is 21.5 Å². The summed E-state index contributed by atoms with van der Waals surface area (Å²) in [6, 6.07) is 13.0. The fraction of sp³-hybridized carbons (Fsp3) is 0.0588. The minimum atomic E-state index is -0.237. The van der Waals surface area contributed by atoms with E-state index in [1.807, 2.05) is 43.3 Å². The lowest BCUT2D eigenvalue weighted by molar-refractivity contribution is -0.110. The zero-order valence-corrected chi connectivity index (χ0v) is 11.4. The maximum Gasteiger partial charge on any atom is 0.258 e. The van der Waals surface area contributed by atoms with Gasteiger partial charge in [-0.05, 0) is 31.2 Å². The van der Waals surface area contributed by atoms with Gasteiger partial charge in [-0.15, -0.1) is 0 Å². The van der Waals surface area contributed by atoms with E-state index in [0.29, 0.717) is 16.8 Å². The number of allylic oxidation sites excluding steroid dienone is 1. The fourth-order valence-corrected chi connectivity index (χ4v) is 2.82. The summed E-state index contributed by atoms with van der Waals surface area (Å²) >= 11 is 0. The van der Waals surface area contributed by atoms with Crippen LogP contribution in [-0.4, -0.2) is 11.7 Å². The van der Waals surface area contributed by atoms with Crippen molar-refractivity contribution in [2.45, 2.75) is 6.92 Å². The largest absolute Gasteiger partial charge is 0.351 e. The van der Waals surface area contributed by atoms with Gasteiger partial charge in [-0.2, -0.15) is 0 Å². The molecular weight excluding hydrogens is 264 g/mol. The number of aryl methyl sites for hydroxylation is 1. The topological polar surface area (TPSA) is 58.2 Å². The van der Waals surface area contributed by atoms with E-state index in [2.05, 4.69) is 10.6 Å². The zero-order valence-electron chi connectivity index (χ0n) is 11.4. The second-order valence-electron chi connectivity index (χ2n) is 5.25. The molecule has 0 radical (unpaired) electrons. The van der Waals surface area contributed by atoms with Crippen LogP contribution in [0, 0.1) is 6.92 Å². The Bertz CT molecular complexity index is 850. The van der Waals surface area contributed by atoms with Crippen LogP contribution in [0.25, 0.3) is 5.57 Å². The number of fused-ring (bicyclic) bond motifs is 2. The number of anilines is 2. The van der Waals surface area contributed by atoms with Gasteiger partial charge in [-0.25, -0.2) is 0 Å². The number of para-hydroxylation sites is 1. The summed E-state index contributed by atoms with van der Waals surface area (Å²) in [6.45, 7) is 1.96. The number of nitrogens with one attached hydrogen (secondary N) is 2. The van der Waals surface area contributed by atoms with Crippen LogP contribution < -0.4 is 10.6 Å². The molecule has 0 unspecified atom stereocenters.